The van der Waals surface area contributed by atoms with Crippen molar-refractivity contribution in [1.29, 1.82) is 0 Å². The highest BCUT2D eigenvalue weighted by Crippen LogP contribution is 2.34. The van der Waals surface area contributed by atoms with Gasteiger partial charge in [0.25, 0.3) is 0 Å². The Morgan fingerprint density at radius 3 is 1.85 bits per heavy atom. The van der Waals surface area contributed by atoms with Crippen molar-refractivity contribution in [1.82, 2.24) is 0 Å². The fourth-order valence-electron chi connectivity index (χ4n) is 2.70. The number of hydrogen-bond donors (Lipinski definition) is 0. The maximum Gasteiger partial charge on any atom is 0.0670 e. The third-order valence-corrected chi connectivity index (χ3v) is 4.55. The molecular formula is C18H10Cl2. The molecule has 0 unspecified atom stereocenters. The fourth-order valence-corrected chi connectivity index (χ4v) is 3.09. The molecule has 4 aromatic rings. The van der Waals surface area contributed by atoms with Gasteiger partial charge in [0, 0.05) is 5.39 Å². The Balaban J connectivity index is 2.18. The number of halogens is 2. The Hall–Kier alpha value is -1.76. The maximum atomic E-state index is 6.31. The van der Waals surface area contributed by atoms with E-state index in [1.807, 2.05) is 12.1 Å². The average Bonchev–Trinajstić information content (AvgIpc) is 2.47. The van der Waals surface area contributed by atoms with Crippen molar-refractivity contribution >= 4 is 55.5 Å². The summed E-state index contributed by atoms with van der Waals surface area (Å²) in [5.41, 5.74) is 0. The molecular weight excluding hydrogens is 287 g/mol. The number of hydrogen-bond acceptors (Lipinski definition) is 0. The molecule has 4 aromatic carbocycles. The average molecular weight is 297 g/mol. The molecule has 0 N–H and O–H groups in total. The largest absolute Gasteiger partial charge is 0.0827 e. The SMILES string of the molecule is Clc1ccc2cc3cc4ccccc4cc3cc2c1Cl. The summed E-state index contributed by atoms with van der Waals surface area (Å²) in [6.45, 7) is 0. The quantitative estimate of drug-likeness (QED) is 0.327. The summed E-state index contributed by atoms with van der Waals surface area (Å²) in [5.74, 6) is 0. The molecule has 0 heterocycles. The van der Waals surface area contributed by atoms with E-state index in [2.05, 4.69) is 48.5 Å². The molecule has 0 aliphatic carbocycles. The molecule has 4 rings (SSSR count). The molecule has 2 heteroatoms. The normalized spacial score (nSPS) is 11.5. The fraction of sp³-hybridized carbons (Fsp3) is 0. The zero-order chi connectivity index (χ0) is 13.7. The number of rotatable bonds is 0. The molecule has 0 fully saturated rings. The van der Waals surface area contributed by atoms with Crippen molar-refractivity contribution in [3.05, 3.63) is 70.7 Å². The minimum absolute atomic E-state index is 0.597. The third-order valence-electron chi connectivity index (χ3n) is 3.73. The van der Waals surface area contributed by atoms with Crippen molar-refractivity contribution in [3.63, 3.8) is 0 Å². The predicted molar refractivity (Wildman–Crippen MR) is 89.0 cm³/mol. The lowest BCUT2D eigenvalue weighted by Gasteiger charge is -2.07. The van der Waals surface area contributed by atoms with Crippen molar-refractivity contribution in [2.45, 2.75) is 0 Å². The van der Waals surface area contributed by atoms with Gasteiger partial charge in [0.1, 0.15) is 0 Å². The van der Waals surface area contributed by atoms with E-state index in [0.717, 1.165) is 10.8 Å². The Morgan fingerprint density at radius 1 is 0.550 bits per heavy atom. The summed E-state index contributed by atoms with van der Waals surface area (Å²) in [6.07, 6.45) is 0. The van der Waals surface area contributed by atoms with Crippen molar-refractivity contribution < 1.29 is 0 Å². The van der Waals surface area contributed by atoms with Crippen LogP contribution >= 0.6 is 23.2 Å². The predicted octanol–water partition coefficient (Wildman–Crippen LogP) is 6.45. The third kappa shape index (κ3) is 1.76. The van der Waals surface area contributed by atoms with Gasteiger partial charge in [-0.25, -0.2) is 0 Å². The van der Waals surface area contributed by atoms with Gasteiger partial charge in [0.2, 0.25) is 0 Å². The molecule has 0 spiro atoms. The van der Waals surface area contributed by atoms with Crippen LogP contribution in [0.15, 0.2) is 60.7 Å². The molecule has 0 atom stereocenters. The first kappa shape index (κ1) is 12.0. The van der Waals surface area contributed by atoms with Gasteiger partial charge in [-0.2, -0.15) is 0 Å². The first-order valence-corrected chi connectivity index (χ1v) is 7.18. The van der Waals surface area contributed by atoms with Gasteiger partial charge in [-0.15, -0.1) is 0 Å². The molecule has 0 aliphatic rings. The van der Waals surface area contributed by atoms with Crippen LogP contribution in [0.5, 0.6) is 0 Å². The van der Waals surface area contributed by atoms with E-state index in [4.69, 9.17) is 23.2 Å². The lowest BCUT2D eigenvalue weighted by molar-refractivity contribution is 1.77. The molecule has 0 radical (unpaired) electrons. The molecule has 0 aromatic heterocycles. The van der Waals surface area contributed by atoms with E-state index in [1.165, 1.54) is 21.5 Å². The Morgan fingerprint density at radius 2 is 1.15 bits per heavy atom. The van der Waals surface area contributed by atoms with Crippen LogP contribution in [-0.2, 0) is 0 Å². The van der Waals surface area contributed by atoms with E-state index in [9.17, 15) is 0 Å². The zero-order valence-corrected chi connectivity index (χ0v) is 12.0. The summed E-state index contributed by atoms with van der Waals surface area (Å²) in [6, 6.07) is 20.9. The van der Waals surface area contributed by atoms with Crippen LogP contribution in [0.4, 0.5) is 0 Å². The van der Waals surface area contributed by atoms with Crippen LogP contribution in [0.1, 0.15) is 0 Å². The van der Waals surface area contributed by atoms with Gasteiger partial charge in [0.05, 0.1) is 10.0 Å². The minimum atomic E-state index is 0.597. The highest BCUT2D eigenvalue weighted by Gasteiger charge is 2.06. The van der Waals surface area contributed by atoms with Crippen molar-refractivity contribution in [2.75, 3.05) is 0 Å². The second-order valence-corrected chi connectivity index (χ2v) is 5.77. The van der Waals surface area contributed by atoms with Crippen LogP contribution < -0.4 is 0 Å². The molecule has 0 amide bonds. The van der Waals surface area contributed by atoms with Gasteiger partial charge in [-0.1, -0.05) is 53.5 Å². The van der Waals surface area contributed by atoms with E-state index in [0.29, 0.717) is 10.0 Å². The Kier molecular flexibility index (Phi) is 2.63. The molecule has 0 saturated heterocycles. The van der Waals surface area contributed by atoms with Crippen molar-refractivity contribution in [3.8, 4) is 0 Å². The van der Waals surface area contributed by atoms with Crippen LogP contribution in [-0.4, -0.2) is 0 Å². The van der Waals surface area contributed by atoms with Gasteiger partial charge >= 0.3 is 0 Å². The van der Waals surface area contributed by atoms with Gasteiger partial charge in [-0.3, -0.25) is 0 Å². The van der Waals surface area contributed by atoms with Crippen LogP contribution in [0, 0.1) is 0 Å². The van der Waals surface area contributed by atoms with Gasteiger partial charge < -0.3 is 0 Å². The van der Waals surface area contributed by atoms with Gasteiger partial charge in [-0.05, 0) is 57.3 Å². The van der Waals surface area contributed by atoms with Crippen LogP contribution in [0.25, 0.3) is 32.3 Å². The zero-order valence-electron chi connectivity index (χ0n) is 10.5. The molecule has 20 heavy (non-hydrogen) atoms. The lowest BCUT2D eigenvalue weighted by atomic mass is 10.00. The topological polar surface area (TPSA) is 0 Å². The summed E-state index contributed by atoms with van der Waals surface area (Å²) < 4.78 is 0. The summed E-state index contributed by atoms with van der Waals surface area (Å²) in [7, 11) is 0. The molecule has 0 nitrogen and oxygen atoms in total. The molecule has 0 aliphatic heterocycles. The van der Waals surface area contributed by atoms with Crippen LogP contribution in [0.2, 0.25) is 10.0 Å². The lowest BCUT2D eigenvalue weighted by Crippen LogP contribution is -1.80. The van der Waals surface area contributed by atoms with Crippen molar-refractivity contribution in [2.24, 2.45) is 0 Å². The Bertz CT molecular complexity index is 971. The number of fused-ring (bicyclic) bond motifs is 3. The van der Waals surface area contributed by atoms with Gasteiger partial charge in [0.15, 0.2) is 0 Å². The minimum Gasteiger partial charge on any atom is -0.0827 e. The second-order valence-electron chi connectivity index (χ2n) is 4.98. The van der Waals surface area contributed by atoms with Crippen LogP contribution in [0.3, 0.4) is 0 Å². The Labute approximate surface area is 126 Å². The van der Waals surface area contributed by atoms with E-state index in [-0.39, 0.29) is 0 Å². The smallest absolute Gasteiger partial charge is 0.0670 e. The van der Waals surface area contributed by atoms with E-state index in [1.54, 1.807) is 0 Å². The summed E-state index contributed by atoms with van der Waals surface area (Å²) >= 11 is 12.4. The first-order valence-electron chi connectivity index (χ1n) is 6.43. The van der Waals surface area contributed by atoms with E-state index < -0.39 is 0 Å². The number of benzene rings is 4. The second kappa shape index (κ2) is 4.37. The summed E-state index contributed by atoms with van der Waals surface area (Å²) in [4.78, 5) is 0. The first-order chi connectivity index (χ1) is 9.72. The maximum absolute atomic E-state index is 6.31. The standard InChI is InChI=1S/C18H10Cl2/c19-17-6-5-13-9-14-7-11-3-1-2-4-12(11)8-15(14)10-16(13)18(17)20/h1-10H. The highest BCUT2D eigenvalue weighted by molar-refractivity contribution is 6.45. The molecule has 0 bridgehead atoms. The highest BCUT2D eigenvalue weighted by atomic mass is 35.5. The monoisotopic (exact) mass is 296 g/mol. The molecule has 0 saturated carbocycles. The molecule has 96 valence electrons. The summed E-state index contributed by atoms with van der Waals surface area (Å²) in [5, 5.41) is 8.22. The van der Waals surface area contributed by atoms with E-state index >= 15 is 0 Å².